The van der Waals surface area contributed by atoms with Gasteiger partial charge in [0.1, 0.15) is 0 Å². The minimum atomic E-state index is -0.836. The van der Waals surface area contributed by atoms with Gasteiger partial charge >= 0.3 is 12.0 Å². The Balaban J connectivity index is 1.52. The van der Waals surface area contributed by atoms with Gasteiger partial charge in [0.25, 0.3) is 0 Å². The smallest absolute Gasteiger partial charge is 0.318 e. The summed E-state index contributed by atoms with van der Waals surface area (Å²) in [7, 11) is 0. The number of hydrogen-bond donors (Lipinski definition) is 2. The number of rotatable bonds is 2. The van der Waals surface area contributed by atoms with Crippen molar-refractivity contribution >= 4 is 12.0 Å². The number of carboxylic acids is 1. The highest BCUT2D eigenvalue weighted by molar-refractivity contribution is 5.76. The molecule has 104 valence electrons. The first-order chi connectivity index (χ1) is 9.11. The Morgan fingerprint density at radius 2 is 1.89 bits per heavy atom. The second-order valence-electron chi connectivity index (χ2n) is 5.48. The Hall–Kier alpha value is -1.56. The fourth-order valence-electron chi connectivity index (χ4n) is 3.02. The summed E-state index contributed by atoms with van der Waals surface area (Å²) >= 11 is 0. The van der Waals surface area contributed by atoms with Gasteiger partial charge in [-0.1, -0.05) is 12.2 Å². The Morgan fingerprint density at radius 1 is 1.21 bits per heavy atom. The van der Waals surface area contributed by atoms with Gasteiger partial charge < -0.3 is 20.1 Å². The van der Waals surface area contributed by atoms with Crippen molar-refractivity contribution in [2.45, 2.75) is 37.5 Å². The van der Waals surface area contributed by atoms with E-state index in [-0.39, 0.29) is 24.3 Å². The van der Waals surface area contributed by atoms with E-state index in [1.54, 1.807) is 17.1 Å². The van der Waals surface area contributed by atoms with Gasteiger partial charge in [0.2, 0.25) is 0 Å². The molecule has 0 aromatic heterocycles. The van der Waals surface area contributed by atoms with Crippen molar-refractivity contribution in [3.63, 3.8) is 0 Å². The summed E-state index contributed by atoms with van der Waals surface area (Å²) in [4.78, 5) is 24.8. The number of carbonyl (C=O) groups excluding carboxylic acids is 1. The lowest BCUT2D eigenvalue weighted by molar-refractivity contribution is -0.140. The molecule has 4 atom stereocenters. The van der Waals surface area contributed by atoms with Crippen molar-refractivity contribution in [1.82, 2.24) is 10.2 Å². The number of morpholine rings is 1. The van der Waals surface area contributed by atoms with Crippen LogP contribution in [0.4, 0.5) is 4.79 Å². The van der Waals surface area contributed by atoms with E-state index in [4.69, 9.17) is 9.84 Å². The van der Waals surface area contributed by atoms with Crippen LogP contribution in [0.5, 0.6) is 0 Å². The maximum Gasteiger partial charge on any atom is 0.318 e. The first-order valence-electron chi connectivity index (χ1n) is 6.74. The van der Waals surface area contributed by atoms with Crippen LogP contribution in [0.2, 0.25) is 0 Å². The number of ether oxygens (including phenoxy) is 1. The SMILES string of the molecule is O=C(O)C1C=CC(NC(=O)N2CC3CCC(C2)O3)C1. The molecule has 2 fully saturated rings. The molecule has 6 heteroatoms. The van der Waals surface area contributed by atoms with Crippen molar-refractivity contribution in [3.8, 4) is 0 Å². The summed E-state index contributed by atoms with van der Waals surface area (Å²) in [6.45, 7) is 1.28. The highest BCUT2D eigenvalue weighted by atomic mass is 16.5. The third-order valence-electron chi connectivity index (χ3n) is 4.04. The predicted octanol–water partition coefficient (Wildman–Crippen LogP) is 0.588. The number of nitrogens with zero attached hydrogens (tertiary/aromatic N) is 1. The number of aliphatic carboxylic acids is 1. The molecule has 6 nitrogen and oxygen atoms in total. The fraction of sp³-hybridized carbons (Fsp3) is 0.692. The summed E-state index contributed by atoms with van der Waals surface area (Å²) in [5, 5.41) is 11.8. The zero-order valence-corrected chi connectivity index (χ0v) is 10.6. The van der Waals surface area contributed by atoms with Crippen LogP contribution in [0.3, 0.4) is 0 Å². The second-order valence-corrected chi connectivity index (χ2v) is 5.48. The summed E-state index contributed by atoms with van der Waals surface area (Å²) in [6.07, 6.45) is 6.27. The molecule has 0 aromatic rings. The zero-order valence-electron chi connectivity index (χ0n) is 10.6. The molecule has 2 N–H and O–H groups in total. The van der Waals surface area contributed by atoms with Crippen molar-refractivity contribution in [3.05, 3.63) is 12.2 Å². The molecule has 2 amide bonds. The van der Waals surface area contributed by atoms with Gasteiger partial charge in [-0.25, -0.2) is 4.79 Å². The van der Waals surface area contributed by atoms with Gasteiger partial charge in [0, 0.05) is 13.1 Å². The van der Waals surface area contributed by atoms with Crippen molar-refractivity contribution in [1.29, 1.82) is 0 Å². The molecule has 0 radical (unpaired) electrons. The van der Waals surface area contributed by atoms with Crippen LogP contribution in [0, 0.1) is 5.92 Å². The average Bonchev–Trinajstić information content (AvgIpc) is 2.96. The molecule has 0 saturated carbocycles. The molecule has 0 spiro atoms. The molecular formula is C13H18N2O4. The van der Waals surface area contributed by atoms with Crippen LogP contribution in [0.15, 0.2) is 12.2 Å². The van der Waals surface area contributed by atoms with E-state index in [0.717, 1.165) is 12.8 Å². The summed E-state index contributed by atoms with van der Waals surface area (Å²) < 4.78 is 5.68. The lowest BCUT2D eigenvalue weighted by atomic mass is 10.1. The normalized spacial score (nSPS) is 36.5. The fourth-order valence-corrected chi connectivity index (χ4v) is 3.02. The lowest BCUT2D eigenvalue weighted by Crippen LogP contribution is -2.51. The molecule has 2 aliphatic heterocycles. The first kappa shape index (κ1) is 12.5. The Kier molecular flexibility index (Phi) is 3.18. The highest BCUT2D eigenvalue weighted by Crippen LogP contribution is 2.26. The van der Waals surface area contributed by atoms with Gasteiger partial charge in [0.15, 0.2) is 0 Å². The largest absolute Gasteiger partial charge is 0.481 e. The highest BCUT2D eigenvalue weighted by Gasteiger charge is 2.36. The summed E-state index contributed by atoms with van der Waals surface area (Å²) in [5.41, 5.74) is 0. The van der Waals surface area contributed by atoms with E-state index in [9.17, 15) is 9.59 Å². The molecule has 2 bridgehead atoms. The average molecular weight is 266 g/mol. The first-order valence-corrected chi connectivity index (χ1v) is 6.74. The molecule has 1 aliphatic carbocycles. The van der Waals surface area contributed by atoms with Crippen LogP contribution in [-0.2, 0) is 9.53 Å². The van der Waals surface area contributed by atoms with E-state index in [1.807, 2.05) is 0 Å². The van der Waals surface area contributed by atoms with E-state index in [2.05, 4.69) is 5.32 Å². The van der Waals surface area contributed by atoms with Crippen LogP contribution in [0.1, 0.15) is 19.3 Å². The number of fused-ring (bicyclic) bond motifs is 2. The van der Waals surface area contributed by atoms with Crippen LogP contribution in [-0.4, -0.2) is 53.3 Å². The van der Waals surface area contributed by atoms with Gasteiger partial charge in [0.05, 0.1) is 24.2 Å². The van der Waals surface area contributed by atoms with Crippen molar-refractivity contribution in [2.75, 3.05) is 13.1 Å². The Bertz CT molecular complexity index is 411. The van der Waals surface area contributed by atoms with E-state index in [1.165, 1.54) is 0 Å². The van der Waals surface area contributed by atoms with Gasteiger partial charge in [-0.2, -0.15) is 0 Å². The molecule has 3 rings (SSSR count). The number of likely N-dealkylation sites (tertiary alicyclic amines) is 1. The number of nitrogens with one attached hydrogen (secondary N) is 1. The maximum atomic E-state index is 12.1. The number of urea groups is 1. The monoisotopic (exact) mass is 266 g/mol. The number of hydrogen-bond acceptors (Lipinski definition) is 3. The lowest BCUT2D eigenvalue weighted by Gasteiger charge is -2.32. The molecule has 3 aliphatic rings. The topological polar surface area (TPSA) is 78.9 Å². The molecule has 19 heavy (non-hydrogen) atoms. The van der Waals surface area contributed by atoms with E-state index < -0.39 is 11.9 Å². The van der Waals surface area contributed by atoms with E-state index in [0.29, 0.717) is 19.5 Å². The van der Waals surface area contributed by atoms with Crippen molar-refractivity contribution < 1.29 is 19.4 Å². The van der Waals surface area contributed by atoms with Crippen LogP contribution < -0.4 is 5.32 Å². The molecule has 2 heterocycles. The van der Waals surface area contributed by atoms with Crippen LogP contribution in [0.25, 0.3) is 0 Å². The minimum absolute atomic E-state index is 0.110. The molecule has 4 unspecified atom stereocenters. The standard InChI is InChI=1S/C13H18N2O4/c16-12(17)8-1-2-9(5-8)14-13(18)15-6-10-3-4-11(7-15)19-10/h1-2,8-11H,3-7H2,(H,14,18)(H,16,17). The second kappa shape index (κ2) is 4.85. The Morgan fingerprint density at radius 3 is 2.47 bits per heavy atom. The number of amides is 2. The quantitative estimate of drug-likeness (QED) is 0.717. The van der Waals surface area contributed by atoms with Gasteiger partial charge in [-0.05, 0) is 19.3 Å². The molecule has 2 saturated heterocycles. The van der Waals surface area contributed by atoms with E-state index >= 15 is 0 Å². The number of carboxylic acid groups (broad SMARTS) is 1. The predicted molar refractivity (Wildman–Crippen MR) is 66.7 cm³/mol. The summed E-state index contributed by atoms with van der Waals surface area (Å²) in [6, 6.07) is -0.282. The molecule has 0 aromatic carbocycles. The van der Waals surface area contributed by atoms with Crippen LogP contribution >= 0.6 is 0 Å². The summed E-state index contributed by atoms with van der Waals surface area (Å²) in [5.74, 6) is -1.32. The van der Waals surface area contributed by atoms with Gasteiger partial charge in [-0.3, -0.25) is 4.79 Å². The minimum Gasteiger partial charge on any atom is -0.481 e. The molecular weight excluding hydrogens is 248 g/mol. The van der Waals surface area contributed by atoms with Crippen molar-refractivity contribution in [2.24, 2.45) is 5.92 Å². The third kappa shape index (κ3) is 2.58. The Labute approximate surface area is 111 Å². The van der Waals surface area contributed by atoms with Gasteiger partial charge in [-0.15, -0.1) is 0 Å². The number of carbonyl (C=O) groups is 2. The zero-order chi connectivity index (χ0) is 13.4. The third-order valence-corrected chi connectivity index (χ3v) is 4.04. The maximum absolute atomic E-state index is 12.1.